The Morgan fingerprint density at radius 1 is 1.26 bits per heavy atom. The molecule has 0 saturated carbocycles. The van der Waals surface area contributed by atoms with Gasteiger partial charge in [0, 0.05) is 29.0 Å². The van der Waals surface area contributed by atoms with Crippen LogP contribution >= 0.6 is 0 Å². The third kappa shape index (κ3) is 3.25. The van der Waals surface area contributed by atoms with E-state index in [1.807, 2.05) is 12.2 Å². The predicted octanol–water partition coefficient (Wildman–Crippen LogP) is 1.59. The SMILES string of the molecule is [2H]C([2H])([2H])NC(=O)c1ccc(Nc2cc(C)nc(C)n2)nc1. The molecule has 0 bridgehead atoms. The smallest absolute Gasteiger partial charge is 0.252 e. The molecule has 2 N–H and O–H groups in total. The molecule has 6 heteroatoms. The number of amides is 1. The van der Waals surface area contributed by atoms with Gasteiger partial charge in [-0.2, -0.15) is 0 Å². The number of aryl methyl sites for hydroxylation is 2. The monoisotopic (exact) mass is 260 g/mol. The maximum atomic E-state index is 11.7. The second-order valence-corrected chi connectivity index (χ2v) is 3.95. The van der Waals surface area contributed by atoms with Crippen LogP contribution in [0.5, 0.6) is 0 Å². The van der Waals surface area contributed by atoms with E-state index in [4.69, 9.17) is 4.11 Å². The van der Waals surface area contributed by atoms with Crippen molar-refractivity contribution >= 4 is 17.5 Å². The molecule has 2 heterocycles. The highest BCUT2D eigenvalue weighted by Gasteiger charge is 2.04. The molecular weight excluding hydrogens is 242 g/mol. The number of anilines is 2. The van der Waals surface area contributed by atoms with Crippen molar-refractivity contribution in [1.29, 1.82) is 0 Å². The topological polar surface area (TPSA) is 79.8 Å². The maximum absolute atomic E-state index is 11.7. The lowest BCUT2D eigenvalue weighted by molar-refractivity contribution is 0.0963. The Labute approximate surface area is 115 Å². The van der Waals surface area contributed by atoms with Crippen LogP contribution in [0.2, 0.25) is 0 Å². The first-order valence-electron chi connectivity index (χ1n) is 7.11. The zero-order chi connectivity index (χ0) is 16.3. The lowest BCUT2D eigenvalue weighted by Crippen LogP contribution is -2.17. The third-order valence-corrected chi connectivity index (χ3v) is 2.36. The molecule has 2 aromatic rings. The summed E-state index contributed by atoms with van der Waals surface area (Å²) in [5.41, 5.74) is 0.986. The van der Waals surface area contributed by atoms with Gasteiger partial charge in [0.25, 0.3) is 5.91 Å². The molecule has 0 aromatic carbocycles. The van der Waals surface area contributed by atoms with E-state index in [0.717, 1.165) is 5.69 Å². The molecule has 1 amide bonds. The standard InChI is InChI=1S/C13H15N5O/c1-8-6-12(17-9(2)16-8)18-11-5-4-10(7-15-11)13(19)14-3/h4-7H,1-3H3,(H,14,19)(H,15,16,17,18)/i3D3. The van der Waals surface area contributed by atoms with Gasteiger partial charge in [-0.3, -0.25) is 4.79 Å². The van der Waals surface area contributed by atoms with E-state index in [9.17, 15) is 4.79 Å². The molecular formula is C13H15N5O. The van der Waals surface area contributed by atoms with Gasteiger partial charge in [-0.05, 0) is 26.0 Å². The first-order valence-corrected chi connectivity index (χ1v) is 5.61. The van der Waals surface area contributed by atoms with Crippen LogP contribution in [0, 0.1) is 13.8 Å². The molecule has 6 nitrogen and oxygen atoms in total. The van der Waals surface area contributed by atoms with Crippen LogP contribution in [-0.4, -0.2) is 27.8 Å². The van der Waals surface area contributed by atoms with Crippen LogP contribution in [0.3, 0.4) is 0 Å². The van der Waals surface area contributed by atoms with Crippen molar-refractivity contribution in [2.45, 2.75) is 13.8 Å². The van der Waals surface area contributed by atoms with Crippen LogP contribution < -0.4 is 10.6 Å². The van der Waals surface area contributed by atoms with E-state index in [-0.39, 0.29) is 5.56 Å². The van der Waals surface area contributed by atoms with Gasteiger partial charge in [0.2, 0.25) is 0 Å². The molecule has 0 aliphatic rings. The molecule has 0 aliphatic carbocycles. The van der Waals surface area contributed by atoms with Crippen molar-refractivity contribution in [3.05, 3.63) is 41.5 Å². The minimum atomic E-state index is -2.52. The first kappa shape index (κ1) is 9.43. The fourth-order valence-electron chi connectivity index (χ4n) is 1.59. The summed E-state index contributed by atoms with van der Waals surface area (Å²) < 4.78 is 21.0. The molecule has 19 heavy (non-hydrogen) atoms. The second-order valence-electron chi connectivity index (χ2n) is 3.95. The number of hydrogen-bond acceptors (Lipinski definition) is 5. The van der Waals surface area contributed by atoms with Crippen molar-refractivity contribution in [1.82, 2.24) is 20.3 Å². The van der Waals surface area contributed by atoms with Crippen molar-refractivity contribution in [2.75, 3.05) is 12.3 Å². The Morgan fingerprint density at radius 3 is 2.74 bits per heavy atom. The van der Waals surface area contributed by atoms with Gasteiger partial charge in [-0.25, -0.2) is 15.0 Å². The average Bonchev–Trinajstić information content (AvgIpc) is 2.36. The van der Waals surface area contributed by atoms with Gasteiger partial charge in [0.05, 0.1) is 5.56 Å². The molecule has 2 aromatic heterocycles. The minimum absolute atomic E-state index is 0.164. The summed E-state index contributed by atoms with van der Waals surface area (Å²) in [6.07, 6.45) is 1.30. The lowest BCUT2D eigenvalue weighted by atomic mass is 10.2. The van der Waals surface area contributed by atoms with E-state index in [1.54, 1.807) is 19.1 Å². The number of nitrogens with one attached hydrogen (secondary N) is 2. The molecule has 0 unspecified atom stereocenters. The summed E-state index contributed by atoms with van der Waals surface area (Å²) in [7, 11) is 0. The van der Waals surface area contributed by atoms with Crippen molar-refractivity contribution in [3.63, 3.8) is 0 Å². The summed E-state index contributed by atoms with van der Waals surface area (Å²) in [5.74, 6) is 1.02. The number of carbonyl (C=O) groups excluding carboxylic acids is 1. The number of rotatable bonds is 3. The largest absolute Gasteiger partial charge is 0.355 e. The molecule has 0 atom stereocenters. The highest BCUT2D eigenvalue weighted by molar-refractivity contribution is 5.93. The minimum Gasteiger partial charge on any atom is -0.355 e. The van der Waals surface area contributed by atoms with E-state index in [1.165, 1.54) is 12.3 Å². The molecule has 0 fully saturated rings. The van der Waals surface area contributed by atoms with Crippen LogP contribution in [0.25, 0.3) is 0 Å². The quantitative estimate of drug-likeness (QED) is 0.876. The Balaban J connectivity index is 2.10. The van der Waals surface area contributed by atoms with Crippen molar-refractivity contribution < 1.29 is 8.91 Å². The fourth-order valence-corrected chi connectivity index (χ4v) is 1.59. The van der Waals surface area contributed by atoms with Crippen molar-refractivity contribution in [3.8, 4) is 0 Å². The third-order valence-electron chi connectivity index (χ3n) is 2.36. The van der Waals surface area contributed by atoms with Gasteiger partial charge >= 0.3 is 0 Å². The van der Waals surface area contributed by atoms with Crippen LogP contribution in [0.4, 0.5) is 11.6 Å². The molecule has 0 spiro atoms. The Kier molecular flexibility index (Phi) is 2.70. The number of pyridine rings is 1. The summed E-state index contributed by atoms with van der Waals surface area (Å²) in [5, 5.41) is 4.89. The average molecular weight is 260 g/mol. The van der Waals surface area contributed by atoms with Crippen LogP contribution in [0.15, 0.2) is 24.4 Å². The zero-order valence-corrected chi connectivity index (χ0v) is 10.6. The first-order chi connectivity index (χ1) is 10.2. The number of aromatic nitrogens is 3. The Bertz CT molecular complexity index is 665. The molecule has 0 saturated heterocycles. The van der Waals surface area contributed by atoms with Gasteiger partial charge in [0.1, 0.15) is 17.5 Å². The van der Waals surface area contributed by atoms with Gasteiger partial charge in [-0.1, -0.05) is 0 Å². The van der Waals surface area contributed by atoms with E-state index in [2.05, 4.69) is 20.3 Å². The number of hydrogen-bond donors (Lipinski definition) is 2. The summed E-state index contributed by atoms with van der Waals surface area (Å²) >= 11 is 0. The van der Waals surface area contributed by atoms with Gasteiger partial charge < -0.3 is 10.6 Å². The highest BCUT2D eigenvalue weighted by Crippen LogP contribution is 2.13. The lowest BCUT2D eigenvalue weighted by Gasteiger charge is -2.07. The van der Waals surface area contributed by atoms with Crippen LogP contribution in [-0.2, 0) is 0 Å². The van der Waals surface area contributed by atoms with Gasteiger partial charge in [0.15, 0.2) is 0 Å². The van der Waals surface area contributed by atoms with E-state index in [0.29, 0.717) is 17.5 Å². The zero-order valence-electron chi connectivity index (χ0n) is 13.6. The Morgan fingerprint density at radius 2 is 2.11 bits per heavy atom. The van der Waals surface area contributed by atoms with E-state index < -0.39 is 12.9 Å². The highest BCUT2D eigenvalue weighted by atomic mass is 16.1. The van der Waals surface area contributed by atoms with Crippen molar-refractivity contribution in [2.24, 2.45) is 0 Å². The Hall–Kier alpha value is -2.50. The molecule has 0 aliphatic heterocycles. The summed E-state index contributed by atoms with van der Waals surface area (Å²) in [6.45, 7) is 1.12. The predicted molar refractivity (Wildman–Crippen MR) is 72.4 cm³/mol. The number of nitrogens with zero attached hydrogens (tertiary/aromatic N) is 3. The van der Waals surface area contributed by atoms with Gasteiger partial charge in [-0.15, -0.1) is 0 Å². The normalized spacial score (nSPS) is 13.1. The maximum Gasteiger partial charge on any atom is 0.252 e. The number of carbonyl (C=O) groups is 1. The summed E-state index contributed by atoms with van der Waals surface area (Å²) in [4.78, 5) is 24.1. The molecule has 0 radical (unpaired) electrons. The summed E-state index contributed by atoms with van der Waals surface area (Å²) in [6, 6.07) is 4.82. The fraction of sp³-hybridized carbons (Fsp3) is 0.231. The van der Waals surface area contributed by atoms with Crippen LogP contribution in [0.1, 0.15) is 26.0 Å². The second kappa shape index (κ2) is 5.43. The molecule has 98 valence electrons. The molecule has 2 rings (SSSR count). The van der Waals surface area contributed by atoms with E-state index >= 15 is 0 Å².